The molecule has 0 aliphatic carbocycles. The molecule has 4 rings (SSSR count). The molecule has 0 saturated heterocycles. The number of benzene rings is 1. The molecular weight excluding hydrogens is 332 g/mol. The van der Waals surface area contributed by atoms with E-state index in [1.165, 1.54) is 0 Å². The van der Waals surface area contributed by atoms with Gasteiger partial charge < -0.3 is 19.5 Å². The number of aromatic nitrogens is 3. The maximum absolute atomic E-state index is 12.6. The molecular formula is C19H18N4O3. The third-order valence-corrected chi connectivity index (χ3v) is 4.13. The van der Waals surface area contributed by atoms with Crippen molar-refractivity contribution in [3.8, 4) is 0 Å². The summed E-state index contributed by atoms with van der Waals surface area (Å²) in [6, 6.07) is 11.1. The molecule has 132 valence electrons. The summed E-state index contributed by atoms with van der Waals surface area (Å²) in [7, 11) is 0. The van der Waals surface area contributed by atoms with Gasteiger partial charge in [0.1, 0.15) is 22.7 Å². The van der Waals surface area contributed by atoms with Gasteiger partial charge in [-0.15, -0.1) is 0 Å². The fraction of sp³-hybridized carbons (Fsp3) is 0.211. The normalized spacial score (nSPS) is 11.3. The van der Waals surface area contributed by atoms with Crippen molar-refractivity contribution in [1.29, 1.82) is 0 Å². The van der Waals surface area contributed by atoms with E-state index in [-0.39, 0.29) is 11.4 Å². The van der Waals surface area contributed by atoms with Crippen LogP contribution in [-0.2, 0) is 11.3 Å². The van der Waals surface area contributed by atoms with E-state index in [2.05, 4.69) is 9.97 Å². The molecule has 0 aliphatic heterocycles. The first-order valence-corrected chi connectivity index (χ1v) is 8.43. The fourth-order valence-corrected chi connectivity index (χ4v) is 2.90. The largest absolute Gasteiger partial charge is 0.467 e. The smallest absolute Gasteiger partial charge is 0.344 e. The van der Waals surface area contributed by atoms with Crippen LogP contribution in [-0.4, -0.2) is 27.1 Å². The Balaban J connectivity index is 1.95. The van der Waals surface area contributed by atoms with E-state index >= 15 is 0 Å². The van der Waals surface area contributed by atoms with Crippen LogP contribution in [0.15, 0.2) is 47.1 Å². The lowest BCUT2D eigenvalue weighted by Crippen LogP contribution is -2.10. The van der Waals surface area contributed by atoms with Crippen molar-refractivity contribution in [3.63, 3.8) is 0 Å². The summed E-state index contributed by atoms with van der Waals surface area (Å²) in [5.74, 6) is 0.488. The average Bonchev–Trinajstić information content (AvgIpc) is 3.25. The van der Waals surface area contributed by atoms with E-state index in [9.17, 15) is 4.79 Å². The van der Waals surface area contributed by atoms with E-state index in [4.69, 9.17) is 14.9 Å². The Morgan fingerprint density at radius 1 is 1.19 bits per heavy atom. The molecule has 1 aromatic carbocycles. The molecule has 0 unspecified atom stereocenters. The van der Waals surface area contributed by atoms with Crippen LogP contribution in [0, 0.1) is 0 Å². The van der Waals surface area contributed by atoms with Crippen molar-refractivity contribution in [3.05, 3.63) is 54.0 Å². The third kappa shape index (κ3) is 2.67. The minimum absolute atomic E-state index is 0.248. The van der Waals surface area contributed by atoms with Gasteiger partial charge in [-0.1, -0.05) is 19.1 Å². The lowest BCUT2D eigenvalue weighted by molar-refractivity contribution is 0.0508. The van der Waals surface area contributed by atoms with Gasteiger partial charge in [0.15, 0.2) is 5.65 Å². The number of furan rings is 1. The van der Waals surface area contributed by atoms with Crippen molar-refractivity contribution in [2.75, 3.05) is 12.3 Å². The van der Waals surface area contributed by atoms with Gasteiger partial charge in [-0.2, -0.15) is 0 Å². The van der Waals surface area contributed by atoms with Crippen molar-refractivity contribution < 1.29 is 13.9 Å². The average molecular weight is 350 g/mol. The number of nitrogen functional groups attached to an aromatic ring is 1. The Labute approximate surface area is 149 Å². The lowest BCUT2D eigenvalue weighted by atomic mass is 10.2. The van der Waals surface area contributed by atoms with E-state index < -0.39 is 5.97 Å². The minimum atomic E-state index is -0.489. The molecule has 0 aliphatic rings. The summed E-state index contributed by atoms with van der Waals surface area (Å²) in [4.78, 5) is 21.9. The molecule has 2 N–H and O–H groups in total. The SMILES string of the molecule is CCCOC(=O)c1c(N)n(Cc2ccco2)c2nc3ccccc3nc12. The fourth-order valence-electron chi connectivity index (χ4n) is 2.90. The first-order valence-electron chi connectivity index (χ1n) is 8.43. The molecule has 3 aromatic heterocycles. The molecule has 0 spiro atoms. The zero-order valence-corrected chi connectivity index (χ0v) is 14.3. The highest BCUT2D eigenvalue weighted by Crippen LogP contribution is 2.29. The van der Waals surface area contributed by atoms with Gasteiger partial charge in [0.2, 0.25) is 0 Å². The Kier molecular flexibility index (Phi) is 4.04. The summed E-state index contributed by atoms with van der Waals surface area (Å²) in [5.41, 5.74) is 8.95. The lowest BCUT2D eigenvalue weighted by Gasteiger charge is -2.06. The number of carbonyl (C=O) groups excluding carboxylic acids is 1. The molecule has 7 nitrogen and oxygen atoms in total. The molecule has 7 heteroatoms. The van der Waals surface area contributed by atoms with Crippen LogP contribution in [0.25, 0.3) is 22.2 Å². The van der Waals surface area contributed by atoms with Crippen molar-refractivity contribution in [2.45, 2.75) is 19.9 Å². The van der Waals surface area contributed by atoms with Crippen molar-refractivity contribution >= 4 is 34.0 Å². The number of carbonyl (C=O) groups is 1. The monoisotopic (exact) mass is 350 g/mol. The second-order valence-corrected chi connectivity index (χ2v) is 5.95. The zero-order valence-electron chi connectivity index (χ0n) is 14.3. The molecule has 4 aromatic rings. The Bertz CT molecular complexity index is 1080. The molecule has 0 saturated carbocycles. The second kappa shape index (κ2) is 6.51. The number of para-hydroxylation sites is 2. The highest BCUT2D eigenvalue weighted by molar-refractivity contribution is 6.08. The standard InChI is InChI=1S/C19H18N4O3/c1-2-9-26-19(24)15-16-18(22-14-8-4-3-7-13(14)21-16)23(17(15)20)11-12-6-5-10-25-12/h3-8,10H,2,9,11,20H2,1H3. The quantitative estimate of drug-likeness (QED) is 0.554. The van der Waals surface area contributed by atoms with Gasteiger partial charge in [0.25, 0.3) is 0 Å². The van der Waals surface area contributed by atoms with Gasteiger partial charge in [-0.05, 0) is 30.7 Å². The van der Waals surface area contributed by atoms with E-state index in [0.717, 1.165) is 11.9 Å². The van der Waals surface area contributed by atoms with Crippen LogP contribution in [0.5, 0.6) is 0 Å². The number of nitrogens with zero attached hydrogens (tertiary/aromatic N) is 3. The summed E-state index contributed by atoms with van der Waals surface area (Å²) in [6.07, 6.45) is 2.32. The summed E-state index contributed by atoms with van der Waals surface area (Å²) in [5, 5.41) is 0. The van der Waals surface area contributed by atoms with Gasteiger partial charge >= 0.3 is 5.97 Å². The first kappa shape index (κ1) is 16.1. The van der Waals surface area contributed by atoms with E-state index in [1.54, 1.807) is 16.9 Å². The number of nitrogens with two attached hydrogens (primary N) is 1. The first-order chi connectivity index (χ1) is 12.7. The predicted octanol–water partition coefficient (Wildman–Crippen LogP) is 3.37. The van der Waals surface area contributed by atoms with Crippen LogP contribution >= 0.6 is 0 Å². The second-order valence-electron chi connectivity index (χ2n) is 5.95. The van der Waals surface area contributed by atoms with Crippen LogP contribution in [0.2, 0.25) is 0 Å². The number of fused-ring (bicyclic) bond motifs is 2. The molecule has 0 radical (unpaired) electrons. The number of hydrogen-bond donors (Lipinski definition) is 1. The zero-order chi connectivity index (χ0) is 18.1. The van der Waals surface area contributed by atoms with Crippen molar-refractivity contribution in [2.24, 2.45) is 0 Å². The van der Waals surface area contributed by atoms with Gasteiger partial charge in [-0.25, -0.2) is 14.8 Å². The minimum Gasteiger partial charge on any atom is -0.467 e. The summed E-state index contributed by atoms with van der Waals surface area (Å²) < 4.78 is 12.5. The highest BCUT2D eigenvalue weighted by Gasteiger charge is 2.25. The predicted molar refractivity (Wildman–Crippen MR) is 97.8 cm³/mol. The molecule has 0 fully saturated rings. The number of esters is 1. The van der Waals surface area contributed by atoms with Gasteiger partial charge in [0, 0.05) is 0 Å². The van der Waals surface area contributed by atoms with E-state index in [0.29, 0.717) is 35.6 Å². The van der Waals surface area contributed by atoms with Crippen LogP contribution in [0.4, 0.5) is 5.82 Å². The highest BCUT2D eigenvalue weighted by atomic mass is 16.5. The topological polar surface area (TPSA) is 96.2 Å². The van der Waals surface area contributed by atoms with Crippen molar-refractivity contribution in [1.82, 2.24) is 14.5 Å². The molecule has 0 bridgehead atoms. The number of hydrogen-bond acceptors (Lipinski definition) is 6. The molecule has 26 heavy (non-hydrogen) atoms. The van der Waals surface area contributed by atoms with Gasteiger partial charge in [0.05, 0.1) is 30.4 Å². The third-order valence-electron chi connectivity index (χ3n) is 4.13. The van der Waals surface area contributed by atoms with E-state index in [1.807, 2.05) is 37.3 Å². The number of anilines is 1. The molecule has 3 heterocycles. The number of ether oxygens (including phenoxy) is 1. The van der Waals surface area contributed by atoms with Crippen LogP contribution < -0.4 is 5.73 Å². The Morgan fingerprint density at radius 3 is 2.65 bits per heavy atom. The van der Waals surface area contributed by atoms with Crippen LogP contribution in [0.3, 0.4) is 0 Å². The van der Waals surface area contributed by atoms with Gasteiger partial charge in [-0.3, -0.25) is 0 Å². The molecule has 0 atom stereocenters. The maximum atomic E-state index is 12.6. The Morgan fingerprint density at radius 2 is 1.96 bits per heavy atom. The number of rotatable bonds is 5. The Hall–Kier alpha value is -3.35. The maximum Gasteiger partial charge on any atom is 0.344 e. The molecule has 0 amide bonds. The summed E-state index contributed by atoms with van der Waals surface area (Å²) in [6.45, 7) is 2.61. The summed E-state index contributed by atoms with van der Waals surface area (Å²) >= 11 is 0. The van der Waals surface area contributed by atoms with Crippen LogP contribution in [0.1, 0.15) is 29.5 Å².